The normalized spacial score (nSPS) is 14.5. The molecule has 1 atom stereocenters. The molecule has 2 nitrogen and oxygen atoms in total. The Kier molecular flexibility index (Phi) is 6.35. The molecule has 0 heterocycles. The minimum atomic E-state index is -1.44. The van der Waals surface area contributed by atoms with Crippen LogP contribution in [0.2, 0.25) is 0 Å². The molecule has 0 aromatic heterocycles. The summed E-state index contributed by atoms with van der Waals surface area (Å²) in [5, 5.41) is 19.3. The van der Waals surface area contributed by atoms with Crippen LogP contribution in [0.3, 0.4) is 0 Å². The van der Waals surface area contributed by atoms with E-state index in [0.29, 0.717) is 6.42 Å². The molecule has 0 bridgehead atoms. The molecule has 2 N–H and O–H groups in total. The average molecular weight is 188 g/mol. The minimum Gasteiger partial charge on any atom is -0.365 e. The highest BCUT2D eigenvalue weighted by atomic mass is 16.5. The number of hydrogen-bond acceptors (Lipinski definition) is 2. The van der Waals surface area contributed by atoms with E-state index in [4.69, 9.17) is 0 Å². The third kappa shape index (κ3) is 5.27. The zero-order valence-corrected chi connectivity index (χ0v) is 9.21. The van der Waals surface area contributed by atoms with Crippen LogP contribution in [0.25, 0.3) is 0 Å². The molecule has 1 unspecified atom stereocenters. The van der Waals surface area contributed by atoms with Crippen molar-refractivity contribution >= 4 is 0 Å². The van der Waals surface area contributed by atoms with Crippen LogP contribution >= 0.6 is 0 Å². The van der Waals surface area contributed by atoms with Crippen molar-refractivity contribution in [2.75, 3.05) is 0 Å². The standard InChI is InChI=1S/C11H24O2/c1-4-6-7-8-9-11(12,13)10(3)5-2/h10,12-13H,4-9H2,1-3H3. The first-order valence-electron chi connectivity index (χ1n) is 5.49. The second-order valence-electron chi connectivity index (χ2n) is 4.00. The van der Waals surface area contributed by atoms with E-state index in [1.54, 1.807) is 0 Å². The molecule has 0 saturated heterocycles. The Morgan fingerprint density at radius 3 is 2.15 bits per heavy atom. The van der Waals surface area contributed by atoms with Crippen molar-refractivity contribution in [2.45, 2.75) is 65.1 Å². The molecule has 0 spiro atoms. The second-order valence-corrected chi connectivity index (χ2v) is 4.00. The third-order valence-corrected chi connectivity index (χ3v) is 2.80. The van der Waals surface area contributed by atoms with E-state index in [1.165, 1.54) is 12.8 Å². The Morgan fingerprint density at radius 2 is 1.69 bits per heavy atom. The second kappa shape index (κ2) is 6.39. The molecule has 0 saturated carbocycles. The molecule has 0 fully saturated rings. The summed E-state index contributed by atoms with van der Waals surface area (Å²) < 4.78 is 0. The number of hydrogen-bond donors (Lipinski definition) is 2. The van der Waals surface area contributed by atoms with E-state index in [1.807, 2.05) is 13.8 Å². The van der Waals surface area contributed by atoms with E-state index in [-0.39, 0.29) is 5.92 Å². The summed E-state index contributed by atoms with van der Waals surface area (Å²) in [7, 11) is 0. The van der Waals surface area contributed by atoms with Gasteiger partial charge >= 0.3 is 0 Å². The minimum absolute atomic E-state index is 0.0193. The van der Waals surface area contributed by atoms with Gasteiger partial charge in [0.1, 0.15) is 0 Å². The number of aliphatic hydroxyl groups is 2. The predicted molar refractivity (Wildman–Crippen MR) is 55.4 cm³/mol. The topological polar surface area (TPSA) is 40.5 Å². The summed E-state index contributed by atoms with van der Waals surface area (Å²) in [6.07, 6.45) is 5.74. The van der Waals surface area contributed by atoms with Crippen LogP contribution in [0, 0.1) is 5.92 Å². The van der Waals surface area contributed by atoms with Gasteiger partial charge in [-0.1, -0.05) is 40.0 Å². The summed E-state index contributed by atoms with van der Waals surface area (Å²) in [5.41, 5.74) is 0. The highest BCUT2D eigenvalue weighted by molar-refractivity contribution is 4.70. The molecule has 80 valence electrons. The molecule has 13 heavy (non-hydrogen) atoms. The zero-order valence-electron chi connectivity index (χ0n) is 9.21. The van der Waals surface area contributed by atoms with Crippen LogP contribution in [-0.4, -0.2) is 16.0 Å². The van der Waals surface area contributed by atoms with Gasteiger partial charge in [0.15, 0.2) is 5.79 Å². The van der Waals surface area contributed by atoms with Gasteiger partial charge < -0.3 is 10.2 Å². The van der Waals surface area contributed by atoms with Gasteiger partial charge in [-0.2, -0.15) is 0 Å². The first-order valence-corrected chi connectivity index (χ1v) is 5.49. The van der Waals surface area contributed by atoms with E-state index < -0.39 is 5.79 Å². The van der Waals surface area contributed by atoms with Crippen LogP contribution < -0.4 is 0 Å². The molecular weight excluding hydrogens is 164 g/mol. The first-order chi connectivity index (χ1) is 6.04. The van der Waals surface area contributed by atoms with Crippen molar-refractivity contribution < 1.29 is 10.2 Å². The largest absolute Gasteiger partial charge is 0.365 e. The van der Waals surface area contributed by atoms with E-state index in [9.17, 15) is 10.2 Å². The summed E-state index contributed by atoms with van der Waals surface area (Å²) in [6.45, 7) is 6.03. The Bertz CT molecular complexity index is 121. The first kappa shape index (κ1) is 12.9. The van der Waals surface area contributed by atoms with Crippen LogP contribution in [0.4, 0.5) is 0 Å². The molecule has 0 radical (unpaired) electrons. The number of rotatable bonds is 7. The average Bonchev–Trinajstić information content (AvgIpc) is 2.11. The van der Waals surface area contributed by atoms with Crippen LogP contribution in [0.15, 0.2) is 0 Å². The fourth-order valence-electron chi connectivity index (χ4n) is 1.39. The molecule has 0 aromatic rings. The molecule has 2 heteroatoms. The Balaban J connectivity index is 3.62. The van der Waals surface area contributed by atoms with E-state index in [0.717, 1.165) is 19.3 Å². The van der Waals surface area contributed by atoms with Crippen molar-refractivity contribution in [3.8, 4) is 0 Å². The lowest BCUT2D eigenvalue weighted by Crippen LogP contribution is -2.35. The molecule has 0 aromatic carbocycles. The van der Waals surface area contributed by atoms with Gasteiger partial charge in [0.2, 0.25) is 0 Å². The Morgan fingerprint density at radius 1 is 1.08 bits per heavy atom. The lowest BCUT2D eigenvalue weighted by molar-refractivity contribution is -0.201. The molecule has 0 rings (SSSR count). The maximum Gasteiger partial charge on any atom is 0.165 e. The van der Waals surface area contributed by atoms with Gasteiger partial charge in [0, 0.05) is 12.3 Å². The summed E-state index contributed by atoms with van der Waals surface area (Å²) in [6, 6.07) is 0. The van der Waals surface area contributed by atoms with Gasteiger partial charge in [-0.25, -0.2) is 0 Å². The van der Waals surface area contributed by atoms with Gasteiger partial charge in [-0.05, 0) is 12.8 Å². The van der Waals surface area contributed by atoms with Crippen LogP contribution in [0.1, 0.15) is 59.3 Å². The summed E-state index contributed by atoms with van der Waals surface area (Å²) >= 11 is 0. The highest BCUT2D eigenvalue weighted by Crippen LogP contribution is 2.23. The molecular formula is C11H24O2. The summed E-state index contributed by atoms with van der Waals surface area (Å²) in [4.78, 5) is 0. The van der Waals surface area contributed by atoms with E-state index >= 15 is 0 Å². The Labute approximate surface area is 82.0 Å². The van der Waals surface area contributed by atoms with Gasteiger partial charge in [-0.15, -0.1) is 0 Å². The van der Waals surface area contributed by atoms with Crippen molar-refractivity contribution in [3.05, 3.63) is 0 Å². The lowest BCUT2D eigenvalue weighted by Gasteiger charge is -2.27. The SMILES string of the molecule is CCCCCCC(O)(O)C(C)CC. The fraction of sp³-hybridized carbons (Fsp3) is 1.00. The predicted octanol–water partition coefficient (Wildman–Crippen LogP) is 2.68. The molecule has 0 amide bonds. The monoisotopic (exact) mass is 188 g/mol. The Hall–Kier alpha value is -0.0800. The zero-order chi connectivity index (χ0) is 10.3. The third-order valence-electron chi connectivity index (χ3n) is 2.80. The van der Waals surface area contributed by atoms with Crippen molar-refractivity contribution in [3.63, 3.8) is 0 Å². The molecule has 0 aliphatic carbocycles. The highest BCUT2D eigenvalue weighted by Gasteiger charge is 2.28. The summed E-state index contributed by atoms with van der Waals surface area (Å²) in [5.74, 6) is -1.46. The van der Waals surface area contributed by atoms with Crippen LogP contribution in [0.5, 0.6) is 0 Å². The van der Waals surface area contributed by atoms with Gasteiger partial charge in [0.05, 0.1) is 0 Å². The maximum atomic E-state index is 9.64. The van der Waals surface area contributed by atoms with Crippen LogP contribution in [-0.2, 0) is 0 Å². The van der Waals surface area contributed by atoms with Crippen molar-refractivity contribution in [1.82, 2.24) is 0 Å². The number of unbranched alkanes of at least 4 members (excludes halogenated alkanes) is 3. The quantitative estimate of drug-likeness (QED) is 0.476. The van der Waals surface area contributed by atoms with Gasteiger partial charge in [-0.3, -0.25) is 0 Å². The maximum absolute atomic E-state index is 9.64. The smallest absolute Gasteiger partial charge is 0.165 e. The molecule has 0 aliphatic heterocycles. The van der Waals surface area contributed by atoms with E-state index in [2.05, 4.69) is 6.92 Å². The van der Waals surface area contributed by atoms with Gasteiger partial charge in [0.25, 0.3) is 0 Å². The molecule has 0 aliphatic rings. The lowest BCUT2D eigenvalue weighted by atomic mass is 9.93. The fourth-order valence-corrected chi connectivity index (χ4v) is 1.39. The van der Waals surface area contributed by atoms with Crippen molar-refractivity contribution in [2.24, 2.45) is 5.92 Å². The van der Waals surface area contributed by atoms with Crippen molar-refractivity contribution in [1.29, 1.82) is 0 Å².